The van der Waals surface area contributed by atoms with Gasteiger partial charge in [0.1, 0.15) is 10.6 Å². The summed E-state index contributed by atoms with van der Waals surface area (Å²) in [5.74, 6) is 0. The second-order valence-electron chi connectivity index (χ2n) is 3.42. The minimum atomic E-state index is -0.00616. The molecule has 0 aliphatic carbocycles. The van der Waals surface area contributed by atoms with Crippen LogP contribution in [0.25, 0.3) is 0 Å². The van der Waals surface area contributed by atoms with Gasteiger partial charge in [0.15, 0.2) is 6.73 Å². The van der Waals surface area contributed by atoms with Crippen LogP contribution in [-0.2, 0) is 0 Å². The van der Waals surface area contributed by atoms with E-state index in [9.17, 15) is 4.91 Å². The molecule has 0 rings (SSSR count). The zero-order valence-electron chi connectivity index (χ0n) is 13.6. The fraction of sp³-hybridized carbons (Fsp3) is 1.00. The predicted molar refractivity (Wildman–Crippen MR) is 91.1 cm³/mol. The SMILES string of the molecule is C.C.CN(CC[NH2+]CO)N(O)N=O.CNCCNCO.O=NN=O.[H+]. The number of hydrazine groups is 1. The van der Waals surface area contributed by atoms with Crippen LogP contribution in [-0.4, -0.2) is 79.4 Å². The van der Waals surface area contributed by atoms with Crippen molar-refractivity contribution in [3.63, 3.8) is 0 Å². The van der Waals surface area contributed by atoms with Crippen LogP contribution in [0.1, 0.15) is 16.3 Å². The van der Waals surface area contributed by atoms with Crippen LogP contribution in [0.3, 0.4) is 0 Å². The number of nitrogens with one attached hydrogen (secondary N) is 2. The maximum absolute atomic E-state index is 9.70. The maximum Gasteiger partial charge on any atom is 1.00 e. The number of quaternary nitrogens is 1. The third kappa shape index (κ3) is 37.0. The molecule has 0 saturated heterocycles. The first-order valence-corrected chi connectivity index (χ1v) is 6.12. The Morgan fingerprint density at radius 3 is 2.00 bits per heavy atom. The Balaban J connectivity index is -0.0000000565. The van der Waals surface area contributed by atoms with E-state index in [-0.39, 0.29) is 35.0 Å². The summed E-state index contributed by atoms with van der Waals surface area (Å²) >= 11 is 0. The van der Waals surface area contributed by atoms with E-state index in [2.05, 4.69) is 15.9 Å². The first-order chi connectivity index (χ1) is 10.5. The van der Waals surface area contributed by atoms with Crippen molar-refractivity contribution in [1.29, 1.82) is 0 Å². The summed E-state index contributed by atoms with van der Waals surface area (Å²) in [5, 5.41) is 39.2. The molecule has 0 spiro atoms. The highest BCUT2D eigenvalue weighted by atomic mass is 16.6. The minimum Gasteiger partial charge on any atom is -0.381 e. The smallest absolute Gasteiger partial charge is 0.381 e. The van der Waals surface area contributed by atoms with Crippen molar-refractivity contribution < 1.29 is 22.2 Å². The summed E-state index contributed by atoms with van der Waals surface area (Å²) in [6.45, 7) is 2.81. The Hall–Kier alpha value is -1.68. The Morgan fingerprint density at radius 2 is 1.67 bits per heavy atom. The first kappa shape index (κ1) is 33.8. The number of hydrogen-bond acceptors (Lipinski definition) is 10. The van der Waals surface area contributed by atoms with Crippen molar-refractivity contribution in [3.05, 3.63) is 14.7 Å². The van der Waals surface area contributed by atoms with Crippen molar-refractivity contribution in [1.82, 2.24) is 20.9 Å². The van der Waals surface area contributed by atoms with Crippen LogP contribution in [0.4, 0.5) is 0 Å². The largest absolute Gasteiger partial charge is 1.00 e. The molecule has 14 heteroatoms. The molecule has 0 unspecified atom stereocenters. The van der Waals surface area contributed by atoms with Crippen LogP contribution >= 0.6 is 0 Å². The van der Waals surface area contributed by atoms with E-state index in [0.717, 1.165) is 13.1 Å². The average molecular weight is 362 g/mol. The number of nitroso groups, excluding NO2 is 3. The molecule has 0 aromatic heterocycles. The molecule has 0 bridgehead atoms. The van der Waals surface area contributed by atoms with Gasteiger partial charge in [0, 0.05) is 20.1 Å². The molecule has 0 aromatic carbocycles. The van der Waals surface area contributed by atoms with Gasteiger partial charge in [-0.2, -0.15) is 5.01 Å². The van der Waals surface area contributed by atoms with Gasteiger partial charge in [-0.05, 0) is 7.05 Å². The van der Waals surface area contributed by atoms with Gasteiger partial charge in [0.25, 0.3) is 0 Å². The fourth-order valence-electron chi connectivity index (χ4n) is 0.814. The Kier molecular flexibility index (Phi) is 46.6. The van der Waals surface area contributed by atoms with Crippen LogP contribution in [0.5, 0.6) is 0 Å². The molecule has 7 N–H and O–H groups in total. The van der Waals surface area contributed by atoms with Gasteiger partial charge in [-0.25, -0.2) is 0 Å². The van der Waals surface area contributed by atoms with Gasteiger partial charge < -0.3 is 20.8 Å². The lowest BCUT2D eigenvalue weighted by Crippen LogP contribution is -2.85. The number of rotatable bonds is 11. The molecular formula is C10H34N8O6+2. The molecule has 14 nitrogen and oxygen atoms in total. The molecule has 0 aromatic rings. The summed E-state index contributed by atoms with van der Waals surface area (Å²) in [5.41, 5.74) is 0. The Morgan fingerprint density at radius 1 is 1.12 bits per heavy atom. The second kappa shape index (κ2) is 33.1. The van der Waals surface area contributed by atoms with E-state index in [4.69, 9.17) is 25.2 Å². The second-order valence-corrected chi connectivity index (χ2v) is 3.42. The molecular weight excluding hydrogens is 328 g/mol. The van der Waals surface area contributed by atoms with Crippen molar-refractivity contribution in [2.75, 3.05) is 53.7 Å². The summed E-state index contributed by atoms with van der Waals surface area (Å²) in [6, 6.07) is 0. The van der Waals surface area contributed by atoms with E-state index >= 15 is 0 Å². The van der Waals surface area contributed by atoms with E-state index in [1.54, 1.807) is 15.9 Å². The quantitative estimate of drug-likeness (QED) is 0.106. The predicted octanol–water partition coefficient (Wildman–Crippen LogP) is -1.72. The number of nitrogens with zero attached hydrogens (tertiary/aromatic N) is 5. The zero-order valence-corrected chi connectivity index (χ0v) is 12.6. The lowest BCUT2D eigenvalue weighted by Gasteiger charge is -2.17. The van der Waals surface area contributed by atoms with E-state index in [1.165, 1.54) is 12.1 Å². The van der Waals surface area contributed by atoms with Crippen LogP contribution in [0.15, 0.2) is 15.9 Å². The molecule has 0 heterocycles. The van der Waals surface area contributed by atoms with E-state index < -0.39 is 0 Å². The number of nitrogens with two attached hydrogens (primary N) is 1. The number of aliphatic hydroxyl groups is 2. The van der Waals surface area contributed by atoms with Gasteiger partial charge in [-0.1, -0.05) is 20.1 Å². The molecule has 24 heavy (non-hydrogen) atoms. The van der Waals surface area contributed by atoms with Crippen LogP contribution in [0, 0.1) is 14.7 Å². The van der Waals surface area contributed by atoms with Crippen molar-refractivity contribution in [3.8, 4) is 0 Å². The minimum absolute atomic E-state index is 0. The Bertz CT molecular complexity index is 247. The molecule has 0 atom stereocenters. The van der Waals surface area contributed by atoms with Gasteiger partial charge >= 0.3 is 1.43 Å². The highest BCUT2D eigenvalue weighted by molar-refractivity contribution is 4.40. The van der Waals surface area contributed by atoms with Gasteiger partial charge in [0.2, 0.25) is 0 Å². The van der Waals surface area contributed by atoms with Crippen LogP contribution in [0.2, 0.25) is 0 Å². The van der Waals surface area contributed by atoms with Gasteiger partial charge in [-0.3, -0.25) is 10.5 Å². The molecule has 0 saturated carbocycles. The highest BCUT2D eigenvalue weighted by Crippen LogP contribution is 1.86. The van der Waals surface area contributed by atoms with Crippen molar-refractivity contribution in [2.24, 2.45) is 15.9 Å². The molecule has 0 radical (unpaired) electrons. The summed E-state index contributed by atoms with van der Waals surface area (Å²) in [6.07, 6.45) is 0. The summed E-state index contributed by atoms with van der Waals surface area (Å²) in [4.78, 5) is 26.6. The molecule has 148 valence electrons. The lowest BCUT2D eigenvalue weighted by molar-refractivity contribution is -0.684. The molecule has 0 aliphatic rings. The third-order valence-electron chi connectivity index (χ3n) is 1.86. The number of likely N-dealkylation sites (N-methyl/N-ethyl adjacent to an activating group) is 2. The normalized spacial score (nSPS) is 8.25. The zero-order chi connectivity index (χ0) is 17.6. The standard InChI is InChI=1S/C4H12N4O3.C4H12N2O.2CH4.N2O2/c1-7(8(11)6-10)3-2-5-4-9;1-5-2-3-6-4-7;;;3-1-2-4/h5,9,11H,2-4H2,1H3;5-7H,2-4H2,1H3;2*1H4;/p+2. The molecule has 0 aliphatic heterocycles. The topological polar surface area (TPSA) is 196 Å². The van der Waals surface area contributed by atoms with Gasteiger partial charge in [-0.15, -0.1) is 14.7 Å². The number of aliphatic hydroxyl groups excluding tert-OH is 2. The monoisotopic (exact) mass is 362 g/mol. The van der Waals surface area contributed by atoms with Crippen molar-refractivity contribution >= 4 is 0 Å². The lowest BCUT2D eigenvalue weighted by atomic mass is 10.6. The van der Waals surface area contributed by atoms with Crippen molar-refractivity contribution in [2.45, 2.75) is 14.9 Å². The average Bonchev–Trinajstić information content (AvgIpc) is 2.55. The number of hydrogen-bond donors (Lipinski definition) is 6. The fourth-order valence-corrected chi connectivity index (χ4v) is 0.814. The maximum atomic E-state index is 9.70. The molecule has 0 fully saturated rings. The van der Waals surface area contributed by atoms with Gasteiger partial charge in [0.05, 0.1) is 25.1 Å². The van der Waals surface area contributed by atoms with E-state index in [0.29, 0.717) is 13.1 Å². The summed E-state index contributed by atoms with van der Waals surface area (Å²) < 4.78 is 0. The first-order valence-electron chi connectivity index (χ1n) is 6.12. The summed E-state index contributed by atoms with van der Waals surface area (Å²) in [7, 11) is 3.38. The van der Waals surface area contributed by atoms with Crippen LogP contribution < -0.4 is 16.0 Å². The Labute approximate surface area is 143 Å². The highest BCUT2D eigenvalue weighted by Gasteiger charge is 2.05. The van der Waals surface area contributed by atoms with E-state index in [1.807, 2.05) is 7.05 Å². The third-order valence-corrected chi connectivity index (χ3v) is 1.86. The molecule has 0 amide bonds.